The van der Waals surface area contributed by atoms with E-state index in [-0.39, 0.29) is 29.8 Å². The lowest BCUT2D eigenvalue weighted by atomic mass is 10.0. The number of carbonyl (C=O) groups excluding carboxylic acids is 2. The summed E-state index contributed by atoms with van der Waals surface area (Å²) in [7, 11) is 0. The highest BCUT2D eigenvalue weighted by Gasteiger charge is 2.25. The molecule has 2 N–H and O–H groups in total. The molecule has 2 aliphatic heterocycles. The summed E-state index contributed by atoms with van der Waals surface area (Å²) in [6.07, 6.45) is 5.39. The first-order chi connectivity index (χ1) is 17.6. The van der Waals surface area contributed by atoms with Gasteiger partial charge in [-0.2, -0.15) is 4.98 Å². The van der Waals surface area contributed by atoms with Gasteiger partial charge in [0.05, 0.1) is 6.20 Å². The zero-order valence-electron chi connectivity index (χ0n) is 21.7. The summed E-state index contributed by atoms with van der Waals surface area (Å²) in [5.41, 5.74) is 2.43. The summed E-state index contributed by atoms with van der Waals surface area (Å²) in [5, 5.41) is 6.30. The molecular formula is C27H35FN6O3. The minimum absolute atomic E-state index is 0.0955. The Kier molecular flexibility index (Phi) is 7.94. The van der Waals surface area contributed by atoms with Gasteiger partial charge in [-0.25, -0.2) is 14.2 Å². The van der Waals surface area contributed by atoms with Crippen molar-refractivity contribution in [2.24, 2.45) is 0 Å². The molecule has 198 valence electrons. The number of likely N-dealkylation sites (tertiary alicyclic amines) is 1. The van der Waals surface area contributed by atoms with E-state index in [1.807, 2.05) is 39.0 Å². The number of piperidine rings is 1. The zero-order chi connectivity index (χ0) is 26.6. The monoisotopic (exact) mass is 510 g/mol. The van der Waals surface area contributed by atoms with Crippen LogP contribution in [0.5, 0.6) is 0 Å². The molecule has 2 aromatic rings. The minimum atomic E-state index is -0.554. The number of aryl methyl sites for hydroxylation is 1. The second kappa shape index (κ2) is 11.1. The zero-order valence-corrected chi connectivity index (χ0v) is 21.7. The summed E-state index contributed by atoms with van der Waals surface area (Å²) in [6.45, 7) is 11.4. The van der Waals surface area contributed by atoms with E-state index in [2.05, 4.69) is 27.2 Å². The topological polar surface area (TPSA) is 99.7 Å². The third-order valence-corrected chi connectivity index (χ3v) is 6.34. The summed E-state index contributed by atoms with van der Waals surface area (Å²) in [6, 6.07) is 5.79. The highest BCUT2D eigenvalue weighted by atomic mass is 19.1. The Labute approximate surface area is 217 Å². The minimum Gasteiger partial charge on any atom is -0.444 e. The van der Waals surface area contributed by atoms with Crippen molar-refractivity contribution in [1.82, 2.24) is 19.8 Å². The standard InChI is InChI=1S/C27H35FN6O3/c1-5-23(35)33-12-7-9-21(17-33)30-24-22(28)15-29-25(32-24)31-20-11-10-19-16-34(13-6-8-18(19)14-20)26(36)37-27(2,3)4/h5,10-11,14-15,21H,1,6-9,12-13,16-17H2,2-4H3,(H2,29,30,31,32). The summed E-state index contributed by atoms with van der Waals surface area (Å²) in [4.78, 5) is 36.4. The molecule has 9 nitrogen and oxygen atoms in total. The maximum absolute atomic E-state index is 14.5. The molecule has 1 unspecified atom stereocenters. The first-order valence-corrected chi connectivity index (χ1v) is 12.7. The molecule has 1 aromatic carbocycles. The van der Waals surface area contributed by atoms with Gasteiger partial charge in [0, 0.05) is 37.9 Å². The molecule has 10 heteroatoms. The van der Waals surface area contributed by atoms with Gasteiger partial charge in [-0.1, -0.05) is 12.6 Å². The fourth-order valence-electron chi connectivity index (χ4n) is 4.59. The van der Waals surface area contributed by atoms with Gasteiger partial charge in [0.25, 0.3) is 0 Å². The molecule has 37 heavy (non-hydrogen) atoms. The van der Waals surface area contributed by atoms with Crippen LogP contribution in [0.25, 0.3) is 0 Å². The molecule has 1 fully saturated rings. The molecule has 0 bridgehead atoms. The largest absolute Gasteiger partial charge is 0.444 e. The molecule has 0 saturated carbocycles. The number of rotatable bonds is 5. The molecule has 0 radical (unpaired) electrons. The number of ether oxygens (including phenoxy) is 1. The van der Waals surface area contributed by atoms with Gasteiger partial charge in [-0.3, -0.25) is 4.79 Å². The van der Waals surface area contributed by atoms with Gasteiger partial charge >= 0.3 is 6.09 Å². The van der Waals surface area contributed by atoms with E-state index in [1.54, 1.807) is 9.80 Å². The highest BCUT2D eigenvalue weighted by molar-refractivity contribution is 5.87. The van der Waals surface area contributed by atoms with Crippen LogP contribution < -0.4 is 10.6 Å². The highest BCUT2D eigenvalue weighted by Crippen LogP contribution is 2.26. The van der Waals surface area contributed by atoms with Gasteiger partial charge in [0.2, 0.25) is 11.9 Å². The molecule has 4 rings (SSSR count). The van der Waals surface area contributed by atoms with Crippen molar-refractivity contribution in [2.45, 2.75) is 64.6 Å². The molecule has 2 aliphatic rings. The number of aromatic nitrogens is 2. The number of amides is 2. The van der Waals surface area contributed by atoms with Crippen molar-refractivity contribution in [2.75, 3.05) is 30.3 Å². The fourth-order valence-corrected chi connectivity index (χ4v) is 4.59. The van der Waals surface area contributed by atoms with E-state index >= 15 is 0 Å². The first kappa shape index (κ1) is 26.4. The average molecular weight is 511 g/mol. The number of nitrogens with zero attached hydrogens (tertiary/aromatic N) is 4. The van der Waals surface area contributed by atoms with Crippen molar-refractivity contribution in [3.8, 4) is 0 Å². The molecule has 1 saturated heterocycles. The SMILES string of the molecule is C=CC(=O)N1CCCC(Nc2nc(Nc3ccc4c(c3)CCCN(C(=O)OC(C)(C)C)C4)ncc2F)C1. The number of benzene rings is 1. The first-order valence-electron chi connectivity index (χ1n) is 12.7. The Morgan fingerprint density at radius 3 is 2.73 bits per heavy atom. The Morgan fingerprint density at radius 2 is 1.97 bits per heavy atom. The van der Waals surface area contributed by atoms with E-state index in [9.17, 15) is 14.0 Å². The predicted octanol–water partition coefficient (Wildman–Crippen LogP) is 4.63. The van der Waals surface area contributed by atoms with Gasteiger partial charge in [0.1, 0.15) is 5.60 Å². The Hall–Kier alpha value is -3.69. The number of carbonyl (C=O) groups is 2. The number of hydrogen-bond donors (Lipinski definition) is 2. The fraction of sp³-hybridized carbons (Fsp3) is 0.481. The van der Waals surface area contributed by atoms with Gasteiger partial charge in [-0.05, 0) is 75.8 Å². The second-order valence-electron chi connectivity index (χ2n) is 10.5. The summed E-state index contributed by atoms with van der Waals surface area (Å²) >= 11 is 0. The maximum Gasteiger partial charge on any atom is 0.410 e. The molecule has 0 spiro atoms. The van der Waals surface area contributed by atoms with Crippen LogP contribution in [0, 0.1) is 5.82 Å². The lowest BCUT2D eigenvalue weighted by Gasteiger charge is -2.32. The quantitative estimate of drug-likeness (QED) is 0.566. The molecule has 2 amide bonds. The van der Waals surface area contributed by atoms with Crippen LogP contribution in [0.4, 0.5) is 26.6 Å². The molecule has 1 aromatic heterocycles. The van der Waals surface area contributed by atoms with Crippen LogP contribution in [0.3, 0.4) is 0 Å². The lowest BCUT2D eigenvalue weighted by Crippen LogP contribution is -2.44. The van der Waals surface area contributed by atoms with Gasteiger partial charge < -0.3 is 25.2 Å². The normalized spacial score (nSPS) is 17.9. The molecule has 0 aliphatic carbocycles. The number of halogens is 1. The van der Waals surface area contributed by atoms with Gasteiger partial charge in [0.15, 0.2) is 11.6 Å². The van der Waals surface area contributed by atoms with E-state index in [1.165, 1.54) is 6.08 Å². The van der Waals surface area contributed by atoms with E-state index in [0.717, 1.165) is 48.7 Å². The molecule has 1 atom stereocenters. The van der Waals surface area contributed by atoms with Crippen molar-refractivity contribution < 1.29 is 18.7 Å². The third-order valence-electron chi connectivity index (χ3n) is 6.34. The Morgan fingerprint density at radius 1 is 1.19 bits per heavy atom. The van der Waals surface area contributed by atoms with Crippen LogP contribution in [-0.4, -0.2) is 63.0 Å². The summed E-state index contributed by atoms with van der Waals surface area (Å²) < 4.78 is 20.1. The third kappa shape index (κ3) is 6.96. The van der Waals surface area contributed by atoms with Crippen LogP contribution in [0.2, 0.25) is 0 Å². The van der Waals surface area contributed by atoms with Crippen LogP contribution in [0.15, 0.2) is 37.1 Å². The maximum atomic E-state index is 14.5. The average Bonchev–Trinajstić information content (AvgIpc) is 3.07. The molecule has 3 heterocycles. The second-order valence-corrected chi connectivity index (χ2v) is 10.5. The Bertz CT molecular complexity index is 1170. The van der Waals surface area contributed by atoms with E-state index in [4.69, 9.17) is 4.74 Å². The molecular weight excluding hydrogens is 475 g/mol. The van der Waals surface area contributed by atoms with Crippen molar-refractivity contribution in [3.05, 3.63) is 54.0 Å². The van der Waals surface area contributed by atoms with Crippen LogP contribution in [0.1, 0.15) is 51.2 Å². The van der Waals surface area contributed by atoms with Gasteiger partial charge in [-0.15, -0.1) is 0 Å². The number of nitrogens with one attached hydrogen (secondary N) is 2. The smallest absolute Gasteiger partial charge is 0.410 e. The Balaban J connectivity index is 1.43. The van der Waals surface area contributed by atoms with Crippen molar-refractivity contribution in [1.29, 1.82) is 0 Å². The summed E-state index contributed by atoms with van der Waals surface area (Å²) in [5.74, 6) is -0.322. The lowest BCUT2D eigenvalue weighted by molar-refractivity contribution is -0.127. The predicted molar refractivity (Wildman–Crippen MR) is 140 cm³/mol. The number of fused-ring (bicyclic) bond motifs is 1. The van der Waals surface area contributed by atoms with E-state index in [0.29, 0.717) is 26.2 Å². The van der Waals surface area contributed by atoms with Crippen LogP contribution >= 0.6 is 0 Å². The van der Waals surface area contributed by atoms with Crippen molar-refractivity contribution >= 4 is 29.5 Å². The van der Waals surface area contributed by atoms with Crippen LogP contribution in [-0.2, 0) is 22.5 Å². The van der Waals surface area contributed by atoms with Crippen molar-refractivity contribution in [3.63, 3.8) is 0 Å². The van der Waals surface area contributed by atoms with E-state index < -0.39 is 11.4 Å². The number of hydrogen-bond acceptors (Lipinski definition) is 7. The number of anilines is 3.